The van der Waals surface area contributed by atoms with E-state index in [0.29, 0.717) is 5.56 Å². The van der Waals surface area contributed by atoms with Gasteiger partial charge in [0.1, 0.15) is 17.0 Å². The highest BCUT2D eigenvalue weighted by Crippen LogP contribution is 2.37. The Morgan fingerprint density at radius 2 is 1.56 bits per heavy atom. The van der Waals surface area contributed by atoms with E-state index >= 15 is 0 Å². The largest absolute Gasteiger partial charge is 0.482 e. The molecule has 0 bridgehead atoms. The molecule has 0 radical (unpaired) electrons. The summed E-state index contributed by atoms with van der Waals surface area (Å²) in [6, 6.07) is 13.8. The molecule has 0 heterocycles. The van der Waals surface area contributed by atoms with Crippen molar-refractivity contribution in [1.29, 1.82) is 0 Å². The quantitative estimate of drug-likeness (QED) is 0.279. The highest BCUT2D eigenvalue weighted by Gasteiger charge is 2.34. The average Bonchev–Trinajstić information content (AvgIpc) is 2.70. The van der Waals surface area contributed by atoms with Crippen LogP contribution in [0.15, 0.2) is 48.5 Å². The van der Waals surface area contributed by atoms with Gasteiger partial charge in [0.15, 0.2) is 17.3 Å². The SMILES string of the molecule is O=C(CO)c1ccc2c(c1OCI)C(=O)c1cc3ccccc3cc1C2=O. The standard InChI is InChI=1S/C21H13IO5/c22-10-27-21-13(17(24)9-23)5-6-14-18(21)20(26)16-8-12-4-2-1-3-11(12)7-15(16)19(14)25/h1-8,23H,9-10H2. The molecule has 0 saturated carbocycles. The van der Waals surface area contributed by atoms with E-state index in [2.05, 4.69) is 0 Å². The summed E-state index contributed by atoms with van der Waals surface area (Å²) < 4.78 is 5.75. The first-order valence-corrected chi connectivity index (χ1v) is 9.71. The molecule has 0 spiro atoms. The van der Waals surface area contributed by atoms with Crippen molar-refractivity contribution in [1.82, 2.24) is 0 Å². The van der Waals surface area contributed by atoms with E-state index in [1.165, 1.54) is 12.1 Å². The van der Waals surface area contributed by atoms with Crippen LogP contribution in [0, 0.1) is 0 Å². The molecule has 0 atom stereocenters. The first-order chi connectivity index (χ1) is 13.1. The van der Waals surface area contributed by atoms with E-state index in [-0.39, 0.29) is 44.2 Å². The highest BCUT2D eigenvalue weighted by molar-refractivity contribution is 14.1. The molecular weight excluding hydrogens is 459 g/mol. The van der Waals surface area contributed by atoms with Gasteiger partial charge < -0.3 is 9.84 Å². The van der Waals surface area contributed by atoms with Crippen molar-refractivity contribution in [2.24, 2.45) is 0 Å². The fourth-order valence-electron chi connectivity index (χ4n) is 3.40. The monoisotopic (exact) mass is 472 g/mol. The van der Waals surface area contributed by atoms with Crippen LogP contribution in [0.5, 0.6) is 5.75 Å². The number of carbonyl (C=O) groups is 3. The summed E-state index contributed by atoms with van der Waals surface area (Å²) in [7, 11) is 0. The van der Waals surface area contributed by atoms with Gasteiger partial charge in [-0.1, -0.05) is 24.3 Å². The van der Waals surface area contributed by atoms with Crippen LogP contribution in [0.3, 0.4) is 0 Å². The van der Waals surface area contributed by atoms with E-state index in [1.807, 2.05) is 46.9 Å². The number of aliphatic hydroxyl groups is 1. The van der Waals surface area contributed by atoms with Gasteiger partial charge >= 0.3 is 0 Å². The Morgan fingerprint density at radius 1 is 0.926 bits per heavy atom. The van der Waals surface area contributed by atoms with Crippen molar-refractivity contribution in [3.63, 3.8) is 0 Å². The molecule has 0 saturated heterocycles. The van der Waals surface area contributed by atoms with Crippen LogP contribution < -0.4 is 4.74 Å². The third kappa shape index (κ3) is 2.76. The Kier molecular flexibility index (Phi) is 4.53. The Morgan fingerprint density at radius 3 is 2.15 bits per heavy atom. The Bertz CT molecular complexity index is 1130. The summed E-state index contributed by atoms with van der Waals surface area (Å²) in [6.45, 7) is -0.709. The summed E-state index contributed by atoms with van der Waals surface area (Å²) in [5.41, 5.74) is 1.01. The molecule has 0 aromatic heterocycles. The highest BCUT2D eigenvalue weighted by atomic mass is 127. The van der Waals surface area contributed by atoms with Crippen LogP contribution in [-0.4, -0.2) is 33.7 Å². The van der Waals surface area contributed by atoms with Gasteiger partial charge in [-0.2, -0.15) is 0 Å². The molecule has 6 heteroatoms. The molecule has 4 rings (SSSR count). The predicted octanol–water partition coefficient (Wildman–Crippen LogP) is 3.56. The van der Waals surface area contributed by atoms with Gasteiger partial charge in [0.2, 0.25) is 0 Å². The molecule has 5 nitrogen and oxygen atoms in total. The van der Waals surface area contributed by atoms with Gasteiger partial charge in [-0.05, 0) is 57.6 Å². The number of carbonyl (C=O) groups excluding carboxylic acids is 3. The molecule has 3 aromatic rings. The van der Waals surface area contributed by atoms with Crippen molar-refractivity contribution in [2.75, 3.05) is 11.2 Å². The smallest absolute Gasteiger partial charge is 0.198 e. The number of alkyl halides is 1. The number of hydrogen-bond donors (Lipinski definition) is 1. The lowest BCUT2D eigenvalue weighted by Gasteiger charge is -2.22. The Hall–Kier alpha value is -2.58. The van der Waals surface area contributed by atoms with Gasteiger partial charge in [0.05, 0.1) is 11.1 Å². The number of halogens is 1. The normalized spacial score (nSPS) is 12.7. The van der Waals surface area contributed by atoms with Crippen LogP contribution in [0.25, 0.3) is 10.8 Å². The van der Waals surface area contributed by atoms with Crippen LogP contribution in [-0.2, 0) is 0 Å². The zero-order valence-electron chi connectivity index (χ0n) is 14.0. The molecule has 134 valence electrons. The zero-order chi connectivity index (χ0) is 19.1. The van der Waals surface area contributed by atoms with Crippen LogP contribution in [0.1, 0.15) is 42.2 Å². The molecule has 1 aliphatic rings. The molecule has 1 N–H and O–H groups in total. The number of Topliss-reactive ketones (excluding diaryl/α,β-unsaturated/α-hetero) is 1. The fourth-order valence-corrected chi connectivity index (χ4v) is 3.71. The maximum atomic E-state index is 13.2. The summed E-state index contributed by atoms with van der Waals surface area (Å²) in [5.74, 6) is -1.16. The summed E-state index contributed by atoms with van der Waals surface area (Å²) >= 11 is 1.95. The molecule has 0 amide bonds. The molecule has 0 aliphatic heterocycles. The van der Waals surface area contributed by atoms with Crippen molar-refractivity contribution in [3.05, 3.63) is 76.3 Å². The number of rotatable bonds is 4. The minimum atomic E-state index is -0.709. The molecular formula is C21H13IO5. The van der Waals surface area contributed by atoms with Crippen LogP contribution in [0.4, 0.5) is 0 Å². The van der Waals surface area contributed by atoms with Gasteiger partial charge in [-0.15, -0.1) is 0 Å². The van der Waals surface area contributed by atoms with E-state index in [9.17, 15) is 19.5 Å². The Balaban J connectivity index is 2.00. The maximum absolute atomic E-state index is 13.2. The van der Waals surface area contributed by atoms with Gasteiger partial charge in [0, 0.05) is 16.7 Å². The van der Waals surface area contributed by atoms with Gasteiger partial charge in [-0.3, -0.25) is 14.4 Å². The van der Waals surface area contributed by atoms with Gasteiger partial charge in [-0.25, -0.2) is 0 Å². The summed E-state index contributed by atoms with van der Waals surface area (Å²) in [6.07, 6.45) is 0. The zero-order valence-corrected chi connectivity index (χ0v) is 16.1. The second-order valence-electron chi connectivity index (χ2n) is 6.10. The maximum Gasteiger partial charge on any atom is 0.198 e. The Labute approximate surface area is 168 Å². The van der Waals surface area contributed by atoms with E-state index in [1.54, 1.807) is 12.1 Å². The predicted molar refractivity (Wildman–Crippen MR) is 108 cm³/mol. The van der Waals surface area contributed by atoms with Crippen molar-refractivity contribution < 1.29 is 24.2 Å². The number of aliphatic hydroxyl groups excluding tert-OH is 1. The third-order valence-corrected chi connectivity index (χ3v) is 4.96. The van der Waals surface area contributed by atoms with Crippen molar-refractivity contribution >= 4 is 50.7 Å². The van der Waals surface area contributed by atoms with Crippen molar-refractivity contribution in [2.45, 2.75) is 0 Å². The minimum absolute atomic E-state index is 0.0538. The molecule has 0 unspecified atom stereocenters. The van der Waals surface area contributed by atoms with E-state index in [0.717, 1.165) is 10.8 Å². The van der Waals surface area contributed by atoms with E-state index in [4.69, 9.17) is 4.74 Å². The van der Waals surface area contributed by atoms with Crippen LogP contribution in [0.2, 0.25) is 0 Å². The second kappa shape index (κ2) is 6.86. The summed E-state index contributed by atoms with van der Waals surface area (Å²) in [5, 5.41) is 10.9. The molecule has 1 aliphatic carbocycles. The molecule has 0 fully saturated rings. The fraction of sp³-hybridized carbons (Fsp3) is 0.0952. The molecule has 3 aromatic carbocycles. The third-order valence-electron chi connectivity index (χ3n) is 4.65. The number of fused-ring (bicyclic) bond motifs is 3. The number of ether oxygens (including phenoxy) is 1. The average molecular weight is 472 g/mol. The first-order valence-electron chi connectivity index (χ1n) is 8.18. The van der Waals surface area contributed by atoms with Gasteiger partial charge in [0.25, 0.3) is 0 Å². The summed E-state index contributed by atoms with van der Waals surface area (Å²) in [4.78, 5) is 38.4. The number of benzene rings is 3. The van der Waals surface area contributed by atoms with Crippen LogP contribution >= 0.6 is 22.6 Å². The lowest BCUT2D eigenvalue weighted by Crippen LogP contribution is -2.23. The lowest BCUT2D eigenvalue weighted by atomic mass is 9.81. The lowest BCUT2D eigenvalue weighted by molar-refractivity contribution is 0.0899. The minimum Gasteiger partial charge on any atom is -0.482 e. The first kappa shape index (κ1) is 17.8. The second-order valence-corrected chi connectivity index (χ2v) is 6.73. The topological polar surface area (TPSA) is 80.7 Å². The number of hydrogen-bond acceptors (Lipinski definition) is 5. The molecule has 27 heavy (non-hydrogen) atoms. The van der Waals surface area contributed by atoms with Crippen molar-refractivity contribution in [3.8, 4) is 5.75 Å². The van der Waals surface area contributed by atoms with E-state index < -0.39 is 12.4 Å². The number of ketones is 3.